The largest absolute Gasteiger partial charge is 0.481 e. The van der Waals surface area contributed by atoms with E-state index in [0.717, 1.165) is 70.9 Å². The summed E-state index contributed by atoms with van der Waals surface area (Å²) >= 11 is 0. The third-order valence-electron chi connectivity index (χ3n) is 15.4. The first-order valence-corrected chi connectivity index (χ1v) is 18.9. The van der Waals surface area contributed by atoms with Crippen LogP contribution in [0.1, 0.15) is 133 Å². The average Bonchev–Trinajstić information content (AvgIpc) is 3.24. The standard InChI is InChI=1S/C40H62N2O6/c1-24(2)32-26(43)21-40(41-30(44)23-42-19-10-20-42)18-17-38(8)25(33(32)40)11-12-28-37(7)15-14-29(48-31(45)22-35(3,4)34(46)47)36(5,6)27(37)13-16-39(28,38)9/h24,27-29,32H,10-23H2,1-9H3,(H,41,44)(H,46,47)/t27?,28?,29-,32?,37-,38+,39+,40+/m0/s1. The highest BCUT2D eigenvalue weighted by atomic mass is 16.5. The van der Waals surface area contributed by atoms with Gasteiger partial charge in [0.2, 0.25) is 5.91 Å². The normalized spacial score (nSPS) is 40.7. The molecule has 0 aromatic carbocycles. The van der Waals surface area contributed by atoms with Gasteiger partial charge in [0.15, 0.2) is 0 Å². The van der Waals surface area contributed by atoms with Crippen molar-refractivity contribution >= 4 is 23.6 Å². The fourth-order valence-corrected chi connectivity index (χ4v) is 12.5. The van der Waals surface area contributed by atoms with Crippen LogP contribution in [0.2, 0.25) is 0 Å². The Morgan fingerprint density at radius 1 is 0.979 bits per heavy atom. The molecule has 2 N–H and O–H groups in total. The minimum absolute atomic E-state index is 0.0465. The molecule has 1 amide bonds. The predicted molar refractivity (Wildman–Crippen MR) is 185 cm³/mol. The van der Waals surface area contributed by atoms with E-state index in [-0.39, 0.29) is 51.9 Å². The molecule has 6 rings (SSSR count). The quantitative estimate of drug-likeness (QED) is 0.213. The molecule has 5 aliphatic carbocycles. The van der Waals surface area contributed by atoms with Crippen molar-refractivity contribution in [3.8, 4) is 0 Å². The van der Waals surface area contributed by atoms with Crippen molar-refractivity contribution in [3.05, 3.63) is 11.1 Å². The van der Waals surface area contributed by atoms with Gasteiger partial charge in [-0.1, -0.05) is 54.0 Å². The third kappa shape index (κ3) is 5.23. The Morgan fingerprint density at radius 2 is 1.67 bits per heavy atom. The van der Waals surface area contributed by atoms with Gasteiger partial charge in [-0.25, -0.2) is 0 Å². The molecule has 0 bridgehead atoms. The number of aliphatic carboxylic acids is 1. The van der Waals surface area contributed by atoms with E-state index in [1.165, 1.54) is 11.1 Å². The number of hydrogen-bond donors (Lipinski definition) is 2. The maximum absolute atomic E-state index is 13.9. The van der Waals surface area contributed by atoms with Gasteiger partial charge in [0, 0.05) is 17.8 Å². The van der Waals surface area contributed by atoms with E-state index in [2.05, 4.69) is 58.7 Å². The van der Waals surface area contributed by atoms with E-state index in [4.69, 9.17) is 4.74 Å². The molecular formula is C40H62N2O6. The Hall–Kier alpha value is -2.22. The van der Waals surface area contributed by atoms with Crippen LogP contribution in [0.5, 0.6) is 0 Å². The van der Waals surface area contributed by atoms with Crippen molar-refractivity contribution in [2.45, 2.75) is 145 Å². The minimum Gasteiger partial charge on any atom is -0.481 e. The number of ether oxygens (including phenoxy) is 1. The molecule has 268 valence electrons. The number of amides is 1. The number of ketones is 1. The number of Topliss-reactive ketones (excluding diaryl/α,β-unsaturated/α-hetero) is 1. The van der Waals surface area contributed by atoms with Gasteiger partial charge in [-0.05, 0) is 124 Å². The number of carbonyl (C=O) groups is 4. The van der Waals surface area contributed by atoms with Gasteiger partial charge in [-0.3, -0.25) is 24.1 Å². The molecule has 0 spiro atoms. The second-order valence-electron chi connectivity index (χ2n) is 19.2. The fourth-order valence-electron chi connectivity index (χ4n) is 12.5. The molecule has 48 heavy (non-hydrogen) atoms. The van der Waals surface area contributed by atoms with Crippen LogP contribution in [0.25, 0.3) is 0 Å². The Kier molecular flexibility index (Phi) is 8.65. The zero-order valence-corrected chi connectivity index (χ0v) is 31.2. The molecule has 0 radical (unpaired) electrons. The van der Waals surface area contributed by atoms with Crippen LogP contribution in [-0.4, -0.2) is 64.9 Å². The van der Waals surface area contributed by atoms with E-state index in [1.54, 1.807) is 13.8 Å². The molecule has 3 unspecified atom stereocenters. The number of likely N-dealkylation sites (tertiary alicyclic amines) is 1. The molecule has 1 aliphatic heterocycles. The lowest BCUT2D eigenvalue weighted by molar-refractivity contribution is -0.214. The van der Waals surface area contributed by atoms with Gasteiger partial charge in [0.25, 0.3) is 0 Å². The van der Waals surface area contributed by atoms with Crippen LogP contribution >= 0.6 is 0 Å². The second kappa shape index (κ2) is 11.7. The van der Waals surface area contributed by atoms with Crippen molar-refractivity contribution in [2.75, 3.05) is 19.6 Å². The second-order valence-corrected chi connectivity index (χ2v) is 19.2. The average molecular weight is 667 g/mol. The summed E-state index contributed by atoms with van der Waals surface area (Å²) in [5, 5.41) is 13.1. The Bertz CT molecular complexity index is 1410. The number of allylic oxidation sites excluding steroid dienone is 1. The summed E-state index contributed by atoms with van der Waals surface area (Å²) in [7, 11) is 0. The lowest BCUT2D eigenvalue weighted by Crippen LogP contribution is -2.65. The van der Waals surface area contributed by atoms with Crippen molar-refractivity contribution in [1.29, 1.82) is 0 Å². The zero-order chi connectivity index (χ0) is 35.2. The maximum atomic E-state index is 13.9. The Labute approximate surface area is 288 Å². The highest BCUT2D eigenvalue weighted by Crippen LogP contribution is 2.75. The summed E-state index contributed by atoms with van der Waals surface area (Å²) in [5.41, 5.74) is 0.873. The summed E-state index contributed by atoms with van der Waals surface area (Å²) in [4.78, 5) is 54.3. The third-order valence-corrected chi connectivity index (χ3v) is 15.4. The van der Waals surface area contributed by atoms with Crippen LogP contribution in [0.3, 0.4) is 0 Å². The van der Waals surface area contributed by atoms with Crippen LogP contribution in [0.15, 0.2) is 11.1 Å². The maximum Gasteiger partial charge on any atom is 0.309 e. The molecule has 8 heteroatoms. The van der Waals surface area contributed by atoms with Crippen LogP contribution in [0.4, 0.5) is 0 Å². The number of esters is 1. The van der Waals surface area contributed by atoms with Crippen molar-refractivity contribution in [3.63, 3.8) is 0 Å². The summed E-state index contributed by atoms with van der Waals surface area (Å²) in [6.45, 7) is 22.0. The summed E-state index contributed by atoms with van der Waals surface area (Å²) in [6.07, 6.45) is 8.94. The molecule has 1 saturated heterocycles. The van der Waals surface area contributed by atoms with E-state index in [0.29, 0.717) is 30.6 Å². The molecule has 4 saturated carbocycles. The predicted octanol–water partition coefficient (Wildman–Crippen LogP) is 6.95. The first-order valence-electron chi connectivity index (χ1n) is 18.9. The summed E-state index contributed by atoms with van der Waals surface area (Å²) < 4.78 is 6.14. The Balaban J connectivity index is 1.30. The van der Waals surface area contributed by atoms with Crippen molar-refractivity contribution in [2.24, 2.45) is 50.7 Å². The van der Waals surface area contributed by atoms with Gasteiger partial charge >= 0.3 is 11.9 Å². The molecular weight excluding hydrogens is 604 g/mol. The fraction of sp³-hybridized carbons (Fsp3) is 0.850. The first-order chi connectivity index (χ1) is 22.2. The summed E-state index contributed by atoms with van der Waals surface area (Å²) in [5.74, 6) is -0.126. The molecule has 8 nitrogen and oxygen atoms in total. The number of rotatable bonds is 8. The highest BCUT2D eigenvalue weighted by molar-refractivity contribution is 5.93. The Morgan fingerprint density at radius 3 is 2.27 bits per heavy atom. The van der Waals surface area contributed by atoms with Crippen molar-refractivity contribution < 1.29 is 29.0 Å². The smallest absolute Gasteiger partial charge is 0.309 e. The van der Waals surface area contributed by atoms with E-state index in [9.17, 15) is 24.3 Å². The number of fused-ring (bicyclic) bond motifs is 6. The zero-order valence-electron chi connectivity index (χ0n) is 31.2. The van der Waals surface area contributed by atoms with E-state index in [1.807, 2.05) is 0 Å². The number of hydrogen-bond acceptors (Lipinski definition) is 6. The van der Waals surface area contributed by atoms with Gasteiger partial charge in [-0.2, -0.15) is 0 Å². The molecule has 1 heterocycles. The first kappa shape index (κ1) is 35.6. The van der Waals surface area contributed by atoms with E-state index < -0.39 is 22.9 Å². The number of carboxylic acid groups (broad SMARTS) is 1. The number of carbonyl (C=O) groups excluding carboxylic acids is 3. The summed E-state index contributed by atoms with van der Waals surface area (Å²) in [6, 6.07) is 0. The minimum atomic E-state index is -1.16. The highest BCUT2D eigenvalue weighted by Gasteiger charge is 2.69. The van der Waals surface area contributed by atoms with Crippen LogP contribution < -0.4 is 5.32 Å². The van der Waals surface area contributed by atoms with Crippen molar-refractivity contribution in [1.82, 2.24) is 10.2 Å². The van der Waals surface area contributed by atoms with Gasteiger partial charge in [0.1, 0.15) is 11.9 Å². The number of nitrogens with one attached hydrogen (secondary N) is 1. The van der Waals surface area contributed by atoms with E-state index >= 15 is 0 Å². The topological polar surface area (TPSA) is 113 Å². The molecule has 6 aliphatic rings. The molecule has 0 aromatic rings. The van der Waals surface area contributed by atoms with Gasteiger partial charge in [0.05, 0.1) is 23.9 Å². The van der Waals surface area contributed by atoms with Gasteiger partial charge in [-0.15, -0.1) is 0 Å². The van der Waals surface area contributed by atoms with Crippen LogP contribution in [0, 0.1) is 50.7 Å². The monoisotopic (exact) mass is 666 g/mol. The number of carboxylic acids is 1. The molecule has 0 aromatic heterocycles. The number of nitrogens with zero attached hydrogens (tertiary/aromatic N) is 1. The lowest BCUT2D eigenvalue weighted by atomic mass is 9.34. The van der Waals surface area contributed by atoms with Crippen LogP contribution in [-0.2, 0) is 23.9 Å². The van der Waals surface area contributed by atoms with Gasteiger partial charge < -0.3 is 15.2 Å². The lowest BCUT2D eigenvalue weighted by Gasteiger charge is -2.70. The SMILES string of the molecule is CC(C)C1C(=O)C[C@]2(NC(=O)CN3CCC3)CC[C@]3(C)C(=C12)CCC1[C@@]2(C)CC[C@H](OC(=O)CC(C)(C)C(=O)O)C(C)(C)C2CC[C@]13C. The molecule has 8 atom stereocenters. The molecule has 5 fully saturated rings.